The van der Waals surface area contributed by atoms with Crippen molar-refractivity contribution in [3.8, 4) is 0 Å². The summed E-state index contributed by atoms with van der Waals surface area (Å²) in [7, 11) is 1.98. The van der Waals surface area contributed by atoms with E-state index in [0.717, 1.165) is 40.5 Å². The topological polar surface area (TPSA) is 68.8 Å². The monoisotopic (exact) mass is 359 g/mol. The second kappa shape index (κ2) is 7.00. The number of aromatic nitrogens is 3. The maximum Gasteiger partial charge on any atom is 0.152 e. The molecule has 0 atom stereocenters. The number of nitrogens with two attached hydrogens (primary N) is 1. The van der Waals surface area contributed by atoms with Crippen LogP contribution in [-0.4, -0.2) is 20.8 Å². The third-order valence-electron chi connectivity index (χ3n) is 4.93. The Kier molecular flexibility index (Phi) is 4.54. The lowest BCUT2D eigenvalue weighted by molar-refractivity contribution is 0.589. The van der Waals surface area contributed by atoms with Crippen LogP contribution >= 0.6 is 0 Å². The SMILES string of the molecule is CC(C)NCc1ccc(Cc2c3c(nn2C)c(N)nc2ccccc23)cc1. The molecule has 138 valence electrons. The standard InChI is InChI=1S/C22H25N5/c1-14(2)24-13-16-10-8-15(9-11-16)12-19-20-17-6-4-5-7-18(17)25-22(23)21(20)26-27(19)3/h4-11,14,24H,12-13H2,1-3H3,(H2,23,25). The molecule has 0 bridgehead atoms. The van der Waals surface area contributed by atoms with Crippen LogP contribution in [0.2, 0.25) is 0 Å². The summed E-state index contributed by atoms with van der Waals surface area (Å²) in [4.78, 5) is 4.51. The van der Waals surface area contributed by atoms with E-state index in [-0.39, 0.29) is 0 Å². The first-order chi connectivity index (χ1) is 13.0. The number of nitrogens with zero attached hydrogens (tertiary/aromatic N) is 3. The van der Waals surface area contributed by atoms with Gasteiger partial charge in [-0.05, 0) is 17.2 Å². The molecule has 5 heteroatoms. The highest BCUT2D eigenvalue weighted by Crippen LogP contribution is 2.31. The lowest BCUT2D eigenvalue weighted by Gasteiger charge is -2.09. The summed E-state index contributed by atoms with van der Waals surface area (Å²) in [6.45, 7) is 5.21. The van der Waals surface area contributed by atoms with Crippen LogP contribution in [0.3, 0.4) is 0 Å². The third kappa shape index (κ3) is 3.38. The first-order valence-electron chi connectivity index (χ1n) is 9.34. The van der Waals surface area contributed by atoms with Gasteiger partial charge in [0, 0.05) is 36.8 Å². The van der Waals surface area contributed by atoms with Gasteiger partial charge >= 0.3 is 0 Å². The van der Waals surface area contributed by atoms with Crippen molar-refractivity contribution in [2.24, 2.45) is 7.05 Å². The Hall–Kier alpha value is -2.92. The predicted octanol–water partition coefficient (Wildman–Crippen LogP) is 3.79. The van der Waals surface area contributed by atoms with Crippen molar-refractivity contribution >= 4 is 27.6 Å². The zero-order valence-corrected chi connectivity index (χ0v) is 16.0. The number of anilines is 1. The molecule has 4 rings (SSSR count). The lowest BCUT2D eigenvalue weighted by atomic mass is 10.0. The van der Waals surface area contributed by atoms with Crippen LogP contribution < -0.4 is 11.1 Å². The van der Waals surface area contributed by atoms with Gasteiger partial charge in [-0.25, -0.2) is 4.98 Å². The predicted molar refractivity (Wildman–Crippen MR) is 112 cm³/mol. The van der Waals surface area contributed by atoms with Crippen molar-refractivity contribution in [1.29, 1.82) is 0 Å². The molecule has 0 aliphatic carbocycles. The average molecular weight is 359 g/mol. The molecule has 5 nitrogen and oxygen atoms in total. The van der Waals surface area contributed by atoms with E-state index in [1.54, 1.807) is 0 Å². The lowest BCUT2D eigenvalue weighted by Crippen LogP contribution is -2.21. The van der Waals surface area contributed by atoms with Crippen LogP contribution in [0.15, 0.2) is 48.5 Å². The van der Waals surface area contributed by atoms with E-state index in [2.05, 4.69) is 59.6 Å². The van der Waals surface area contributed by atoms with Crippen LogP contribution in [0.1, 0.15) is 30.7 Å². The highest BCUT2D eigenvalue weighted by atomic mass is 15.3. The van der Waals surface area contributed by atoms with Gasteiger partial charge in [0.1, 0.15) is 5.52 Å². The number of para-hydroxylation sites is 1. The summed E-state index contributed by atoms with van der Waals surface area (Å²) in [5.41, 5.74) is 11.6. The Morgan fingerprint density at radius 1 is 1.04 bits per heavy atom. The Morgan fingerprint density at radius 2 is 1.74 bits per heavy atom. The second-order valence-electron chi connectivity index (χ2n) is 7.34. The number of nitrogens with one attached hydrogen (secondary N) is 1. The average Bonchev–Trinajstić information content (AvgIpc) is 2.98. The van der Waals surface area contributed by atoms with Crippen LogP contribution in [0.25, 0.3) is 21.8 Å². The Morgan fingerprint density at radius 3 is 2.48 bits per heavy atom. The molecule has 0 amide bonds. The molecule has 2 aromatic carbocycles. The highest BCUT2D eigenvalue weighted by Gasteiger charge is 2.16. The summed E-state index contributed by atoms with van der Waals surface area (Å²) in [5.74, 6) is 0.487. The highest BCUT2D eigenvalue weighted by molar-refractivity contribution is 6.09. The molecule has 0 unspecified atom stereocenters. The summed E-state index contributed by atoms with van der Waals surface area (Å²) in [6.07, 6.45) is 0.804. The van der Waals surface area contributed by atoms with E-state index in [1.807, 2.05) is 29.9 Å². The quantitative estimate of drug-likeness (QED) is 0.569. The molecule has 2 aromatic heterocycles. The van der Waals surface area contributed by atoms with Crippen molar-refractivity contribution < 1.29 is 0 Å². The number of benzene rings is 2. The zero-order valence-electron chi connectivity index (χ0n) is 16.0. The molecule has 0 spiro atoms. The molecule has 0 fully saturated rings. The molecular formula is C22H25N5. The second-order valence-corrected chi connectivity index (χ2v) is 7.34. The number of nitrogen functional groups attached to an aromatic ring is 1. The maximum atomic E-state index is 6.18. The molecule has 2 heterocycles. The first kappa shape index (κ1) is 17.5. The molecule has 27 heavy (non-hydrogen) atoms. The summed E-state index contributed by atoms with van der Waals surface area (Å²) < 4.78 is 1.93. The van der Waals surface area contributed by atoms with Gasteiger partial charge in [-0.2, -0.15) is 5.10 Å². The van der Waals surface area contributed by atoms with Gasteiger partial charge in [0.25, 0.3) is 0 Å². The summed E-state index contributed by atoms with van der Waals surface area (Å²) in [6, 6.07) is 17.4. The largest absolute Gasteiger partial charge is 0.382 e. The third-order valence-corrected chi connectivity index (χ3v) is 4.93. The van der Waals surface area contributed by atoms with Crippen molar-refractivity contribution in [1.82, 2.24) is 20.1 Å². The van der Waals surface area contributed by atoms with Gasteiger partial charge in [-0.3, -0.25) is 4.68 Å². The number of pyridine rings is 1. The van der Waals surface area contributed by atoms with Crippen LogP contribution in [0, 0.1) is 0 Å². The number of aryl methyl sites for hydroxylation is 1. The van der Waals surface area contributed by atoms with Crippen molar-refractivity contribution in [2.45, 2.75) is 32.9 Å². The minimum atomic E-state index is 0.484. The normalized spacial score (nSPS) is 11.7. The van der Waals surface area contributed by atoms with E-state index in [1.165, 1.54) is 11.1 Å². The number of hydrogen-bond acceptors (Lipinski definition) is 4. The fourth-order valence-corrected chi connectivity index (χ4v) is 3.48. The zero-order chi connectivity index (χ0) is 19.0. The van der Waals surface area contributed by atoms with Crippen molar-refractivity contribution in [3.05, 3.63) is 65.4 Å². The Labute approximate surface area is 159 Å². The molecule has 4 aromatic rings. The van der Waals surface area contributed by atoms with Gasteiger partial charge in [0.2, 0.25) is 0 Å². The maximum absolute atomic E-state index is 6.18. The van der Waals surface area contributed by atoms with Gasteiger partial charge < -0.3 is 11.1 Å². The summed E-state index contributed by atoms with van der Waals surface area (Å²) >= 11 is 0. The van der Waals surface area contributed by atoms with Gasteiger partial charge in [-0.15, -0.1) is 0 Å². The van der Waals surface area contributed by atoms with Crippen LogP contribution in [0.4, 0.5) is 5.82 Å². The Bertz CT molecular complexity index is 1090. The minimum Gasteiger partial charge on any atom is -0.382 e. The molecule has 0 radical (unpaired) electrons. The Balaban J connectivity index is 1.73. The first-order valence-corrected chi connectivity index (χ1v) is 9.34. The summed E-state index contributed by atoms with van der Waals surface area (Å²) in [5, 5.41) is 10.3. The molecule has 0 aliphatic heterocycles. The fourth-order valence-electron chi connectivity index (χ4n) is 3.48. The van der Waals surface area contributed by atoms with E-state index >= 15 is 0 Å². The molecule has 3 N–H and O–H groups in total. The number of hydrogen-bond donors (Lipinski definition) is 2. The van der Waals surface area contributed by atoms with Gasteiger partial charge in [-0.1, -0.05) is 56.3 Å². The van der Waals surface area contributed by atoms with Gasteiger partial charge in [0.15, 0.2) is 5.82 Å². The van der Waals surface area contributed by atoms with Crippen LogP contribution in [-0.2, 0) is 20.0 Å². The van der Waals surface area contributed by atoms with E-state index in [0.29, 0.717) is 11.9 Å². The molecular weight excluding hydrogens is 334 g/mol. The van der Waals surface area contributed by atoms with Gasteiger partial charge in [0.05, 0.1) is 11.2 Å². The van der Waals surface area contributed by atoms with Crippen molar-refractivity contribution in [2.75, 3.05) is 5.73 Å². The minimum absolute atomic E-state index is 0.484. The van der Waals surface area contributed by atoms with Crippen LogP contribution in [0.5, 0.6) is 0 Å². The number of fused-ring (bicyclic) bond motifs is 3. The van der Waals surface area contributed by atoms with E-state index < -0.39 is 0 Å². The van der Waals surface area contributed by atoms with Crippen molar-refractivity contribution in [3.63, 3.8) is 0 Å². The molecule has 0 saturated heterocycles. The van der Waals surface area contributed by atoms with E-state index in [4.69, 9.17) is 5.73 Å². The number of rotatable bonds is 5. The molecule has 0 aliphatic rings. The fraction of sp³-hybridized carbons (Fsp3) is 0.273. The smallest absolute Gasteiger partial charge is 0.152 e. The molecule has 0 saturated carbocycles. The van der Waals surface area contributed by atoms with E-state index in [9.17, 15) is 0 Å².